The second-order valence-electron chi connectivity index (χ2n) is 6.37. The van der Waals surface area contributed by atoms with Gasteiger partial charge in [0.1, 0.15) is 11.5 Å². The van der Waals surface area contributed by atoms with Crippen LogP contribution in [0.3, 0.4) is 0 Å². The molecule has 0 radical (unpaired) electrons. The minimum absolute atomic E-state index is 0.0145. The molecule has 0 aliphatic rings. The fourth-order valence-corrected chi connectivity index (χ4v) is 2.81. The first-order valence-electron chi connectivity index (χ1n) is 8.12. The summed E-state index contributed by atoms with van der Waals surface area (Å²) in [6, 6.07) is 12.0. The maximum Gasteiger partial charge on any atom is 0.241 e. The lowest BCUT2D eigenvalue weighted by molar-refractivity contribution is -0.117. The summed E-state index contributed by atoms with van der Waals surface area (Å²) in [5.74, 6) is 1.11. The Kier molecular flexibility index (Phi) is 6.36. The molecule has 0 spiro atoms. The molecule has 140 valence electrons. The van der Waals surface area contributed by atoms with E-state index < -0.39 is 16.1 Å². The zero-order valence-electron chi connectivity index (χ0n) is 14.7. The van der Waals surface area contributed by atoms with Gasteiger partial charge in [-0.25, -0.2) is 13.6 Å². The van der Waals surface area contributed by atoms with Crippen LogP contribution in [-0.2, 0) is 14.8 Å². The molecule has 0 aromatic heterocycles. The summed E-state index contributed by atoms with van der Waals surface area (Å²) in [5, 5.41) is 7.81. The number of carbonyl (C=O) groups excluding carboxylic acids is 1. The van der Waals surface area contributed by atoms with Gasteiger partial charge in [-0.1, -0.05) is 13.8 Å². The van der Waals surface area contributed by atoms with Crippen LogP contribution in [0.15, 0.2) is 53.4 Å². The van der Waals surface area contributed by atoms with Crippen molar-refractivity contribution in [3.63, 3.8) is 0 Å². The van der Waals surface area contributed by atoms with E-state index in [1.807, 2.05) is 13.8 Å². The molecule has 0 saturated heterocycles. The van der Waals surface area contributed by atoms with Crippen LogP contribution in [-0.4, -0.2) is 20.4 Å². The van der Waals surface area contributed by atoms with E-state index in [1.54, 1.807) is 24.3 Å². The van der Waals surface area contributed by atoms with Crippen LogP contribution in [0.5, 0.6) is 11.5 Å². The van der Waals surface area contributed by atoms with Crippen LogP contribution >= 0.6 is 0 Å². The van der Waals surface area contributed by atoms with Crippen molar-refractivity contribution < 1.29 is 17.9 Å². The molecule has 0 aliphatic carbocycles. The average molecular weight is 377 g/mol. The maximum absolute atomic E-state index is 12.0. The van der Waals surface area contributed by atoms with Crippen LogP contribution in [0, 0.1) is 5.92 Å². The zero-order valence-corrected chi connectivity index (χ0v) is 15.5. The molecule has 0 heterocycles. The molecule has 0 saturated carbocycles. The van der Waals surface area contributed by atoms with E-state index in [4.69, 9.17) is 15.6 Å². The Morgan fingerprint density at radius 1 is 1.04 bits per heavy atom. The highest BCUT2D eigenvalue weighted by atomic mass is 32.2. The minimum Gasteiger partial charge on any atom is -0.457 e. The topological polar surface area (TPSA) is 125 Å². The first-order valence-corrected chi connectivity index (χ1v) is 9.67. The highest BCUT2D eigenvalue weighted by Crippen LogP contribution is 2.24. The number of nitrogens with one attached hydrogen (secondary N) is 1. The van der Waals surface area contributed by atoms with E-state index in [0.717, 1.165) is 0 Å². The first-order chi connectivity index (χ1) is 12.1. The van der Waals surface area contributed by atoms with Crippen molar-refractivity contribution in [3.05, 3.63) is 48.5 Å². The van der Waals surface area contributed by atoms with Crippen LogP contribution in [0.25, 0.3) is 0 Å². The highest BCUT2D eigenvalue weighted by molar-refractivity contribution is 7.89. The number of sulfonamides is 1. The standard InChI is InChI=1S/C18H23N3O4S/c1-12(2)11-17(19)18(22)21-13-3-5-14(6-4-13)25-15-7-9-16(10-8-15)26(20,23)24/h3-10,12,17H,11,19H2,1-2H3,(H,21,22)(H2,20,23,24)/t17-/m0/s1. The third kappa shape index (κ3) is 5.83. The van der Waals surface area contributed by atoms with Gasteiger partial charge in [-0.3, -0.25) is 4.79 Å². The molecular weight excluding hydrogens is 354 g/mol. The van der Waals surface area contributed by atoms with Gasteiger partial charge in [-0.15, -0.1) is 0 Å². The maximum atomic E-state index is 12.0. The van der Waals surface area contributed by atoms with Gasteiger partial charge >= 0.3 is 0 Å². The molecule has 1 atom stereocenters. The molecule has 26 heavy (non-hydrogen) atoms. The smallest absolute Gasteiger partial charge is 0.241 e. The van der Waals surface area contributed by atoms with Crippen LogP contribution in [0.1, 0.15) is 20.3 Å². The fourth-order valence-electron chi connectivity index (χ4n) is 2.29. The van der Waals surface area contributed by atoms with Crippen molar-refractivity contribution in [2.24, 2.45) is 16.8 Å². The van der Waals surface area contributed by atoms with E-state index >= 15 is 0 Å². The van der Waals surface area contributed by atoms with Crippen molar-refractivity contribution in [2.45, 2.75) is 31.2 Å². The van der Waals surface area contributed by atoms with Crippen molar-refractivity contribution in [1.82, 2.24) is 0 Å². The second kappa shape index (κ2) is 8.31. The molecule has 8 heteroatoms. The predicted octanol–water partition coefficient (Wildman–Crippen LogP) is 2.44. The highest BCUT2D eigenvalue weighted by Gasteiger charge is 2.15. The summed E-state index contributed by atoms with van der Waals surface area (Å²) >= 11 is 0. The number of nitrogens with two attached hydrogens (primary N) is 2. The van der Waals surface area contributed by atoms with Gasteiger partial charge in [0.2, 0.25) is 15.9 Å². The molecule has 0 fully saturated rings. The van der Waals surface area contributed by atoms with Gasteiger partial charge < -0.3 is 15.8 Å². The monoisotopic (exact) mass is 377 g/mol. The lowest BCUT2D eigenvalue weighted by atomic mass is 10.0. The van der Waals surface area contributed by atoms with Crippen LogP contribution < -0.4 is 20.9 Å². The number of primary sulfonamides is 1. The van der Waals surface area contributed by atoms with Gasteiger partial charge in [0.05, 0.1) is 10.9 Å². The van der Waals surface area contributed by atoms with Gasteiger partial charge in [0, 0.05) is 5.69 Å². The lowest BCUT2D eigenvalue weighted by Gasteiger charge is -2.14. The third-order valence-corrected chi connectivity index (χ3v) is 4.50. The number of hydrogen-bond acceptors (Lipinski definition) is 5. The van der Waals surface area contributed by atoms with E-state index in [-0.39, 0.29) is 10.8 Å². The number of ether oxygens (including phenoxy) is 1. The molecule has 2 aromatic carbocycles. The van der Waals surface area contributed by atoms with Crippen molar-refractivity contribution in [2.75, 3.05) is 5.32 Å². The number of carbonyl (C=O) groups is 1. The predicted molar refractivity (Wildman–Crippen MR) is 100 cm³/mol. The van der Waals surface area contributed by atoms with Crippen molar-refractivity contribution in [1.29, 1.82) is 0 Å². The summed E-state index contributed by atoms with van der Waals surface area (Å²) in [6.07, 6.45) is 0.613. The first kappa shape index (κ1) is 19.9. The summed E-state index contributed by atoms with van der Waals surface area (Å²) < 4.78 is 28.1. The van der Waals surface area contributed by atoms with Crippen LogP contribution in [0.2, 0.25) is 0 Å². The summed E-state index contributed by atoms with van der Waals surface area (Å²) in [7, 11) is -3.73. The Morgan fingerprint density at radius 3 is 2.00 bits per heavy atom. The van der Waals surface area contributed by atoms with Crippen LogP contribution in [0.4, 0.5) is 5.69 Å². The number of hydrogen-bond donors (Lipinski definition) is 3. The largest absolute Gasteiger partial charge is 0.457 e. The summed E-state index contributed by atoms with van der Waals surface area (Å²) in [5.41, 5.74) is 6.47. The van der Waals surface area contributed by atoms with Gasteiger partial charge in [0.15, 0.2) is 0 Å². The van der Waals surface area contributed by atoms with E-state index in [1.165, 1.54) is 24.3 Å². The average Bonchev–Trinajstić information content (AvgIpc) is 2.55. The lowest BCUT2D eigenvalue weighted by Crippen LogP contribution is -2.36. The molecule has 2 rings (SSSR count). The Labute approximate surface area is 153 Å². The third-order valence-electron chi connectivity index (χ3n) is 3.57. The molecule has 1 amide bonds. The molecule has 5 N–H and O–H groups in total. The molecule has 7 nitrogen and oxygen atoms in total. The normalized spacial score (nSPS) is 12.7. The van der Waals surface area contributed by atoms with E-state index in [2.05, 4.69) is 5.32 Å². The Balaban J connectivity index is 1.98. The molecule has 0 bridgehead atoms. The van der Waals surface area contributed by atoms with E-state index in [0.29, 0.717) is 29.5 Å². The number of anilines is 1. The Morgan fingerprint density at radius 2 is 1.54 bits per heavy atom. The second-order valence-corrected chi connectivity index (χ2v) is 7.93. The molecule has 0 aliphatic heterocycles. The van der Waals surface area contributed by atoms with E-state index in [9.17, 15) is 13.2 Å². The van der Waals surface area contributed by atoms with Gasteiger partial charge in [0.25, 0.3) is 0 Å². The molecule has 2 aromatic rings. The molecular formula is C18H23N3O4S. The Hall–Kier alpha value is -2.42. The number of amides is 1. The zero-order chi connectivity index (χ0) is 19.3. The SMILES string of the molecule is CC(C)C[C@H](N)C(=O)Nc1ccc(Oc2ccc(S(N)(=O)=O)cc2)cc1. The van der Waals surface area contributed by atoms with Gasteiger partial charge in [-0.2, -0.15) is 0 Å². The quantitative estimate of drug-likeness (QED) is 0.683. The number of rotatable bonds is 7. The van der Waals surface area contributed by atoms with Gasteiger partial charge in [-0.05, 0) is 60.9 Å². The van der Waals surface area contributed by atoms with Crippen molar-refractivity contribution in [3.8, 4) is 11.5 Å². The summed E-state index contributed by atoms with van der Waals surface area (Å²) in [4.78, 5) is 12.0. The summed E-state index contributed by atoms with van der Waals surface area (Å²) in [6.45, 7) is 4.02. The molecule has 0 unspecified atom stereocenters. The Bertz CT molecular complexity index is 847. The number of benzene rings is 2. The minimum atomic E-state index is -3.73. The fraction of sp³-hybridized carbons (Fsp3) is 0.278. The van der Waals surface area contributed by atoms with Crippen molar-refractivity contribution >= 4 is 21.6 Å².